The molecule has 0 radical (unpaired) electrons. The van der Waals surface area contributed by atoms with E-state index in [0.29, 0.717) is 11.1 Å². The third kappa shape index (κ3) is 2.67. The molecule has 0 spiro atoms. The number of alkyl halides is 2. The lowest BCUT2D eigenvalue weighted by molar-refractivity contribution is 0.149. The summed E-state index contributed by atoms with van der Waals surface area (Å²) in [5.74, 6) is 0. The van der Waals surface area contributed by atoms with Gasteiger partial charge in [0.15, 0.2) is 0 Å². The van der Waals surface area contributed by atoms with Crippen LogP contribution in [0.1, 0.15) is 38.3 Å². The number of nitrogens with zero attached hydrogens (tertiary/aromatic N) is 2. The lowest BCUT2D eigenvalue weighted by Gasteiger charge is -2.24. The van der Waals surface area contributed by atoms with E-state index < -0.39 is 6.43 Å². The predicted molar refractivity (Wildman–Crippen MR) is 72.3 cm³/mol. The fourth-order valence-corrected chi connectivity index (χ4v) is 2.27. The summed E-state index contributed by atoms with van der Waals surface area (Å²) < 4.78 is 28.6. The van der Waals surface area contributed by atoms with Gasteiger partial charge in [0.25, 0.3) is 6.43 Å². The molecule has 2 rings (SSSR count). The van der Waals surface area contributed by atoms with Gasteiger partial charge in [-0.2, -0.15) is 5.10 Å². The highest BCUT2D eigenvalue weighted by Crippen LogP contribution is 2.38. The highest BCUT2D eigenvalue weighted by Gasteiger charge is 2.25. The first-order chi connectivity index (χ1) is 8.80. The van der Waals surface area contributed by atoms with Crippen LogP contribution in [0.3, 0.4) is 0 Å². The monoisotopic (exact) mass is 264 g/mol. The van der Waals surface area contributed by atoms with E-state index in [9.17, 15) is 8.78 Å². The normalized spacial score (nSPS) is 12.2. The maximum Gasteiger partial charge on any atom is 0.264 e. The van der Waals surface area contributed by atoms with Gasteiger partial charge in [-0.3, -0.25) is 4.68 Å². The Morgan fingerprint density at radius 1 is 1.21 bits per heavy atom. The predicted octanol–water partition coefficient (Wildman–Crippen LogP) is 4.32. The molecule has 0 saturated heterocycles. The van der Waals surface area contributed by atoms with Crippen LogP contribution in [0.15, 0.2) is 30.6 Å². The fourth-order valence-electron chi connectivity index (χ4n) is 2.27. The molecule has 2 nitrogen and oxygen atoms in total. The Morgan fingerprint density at radius 3 is 2.37 bits per heavy atom. The van der Waals surface area contributed by atoms with Crippen LogP contribution in [0.5, 0.6) is 0 Å². The van der Waals surface area contributed by atoms with Gasteiger partial charge in [-0.15, -0.1) is 0 Å². The van der Waals surface area contributed by atoms with Crippen LogP contribution in [0.2, 0.25) is 0 Å². The zero-order valence-corrected chi connectivity index (χ0v) is 11.6. The SMILES string of the molecule is Cn1cc(-c2cccc(C(C)(C)C)c2C(F)F)cn1. The first-order valence-corrected chi connectivity index (χ1v) is 6.21. The fraction of sp³-hybridized carbons (Fsp3) is 0.400. The summed E-state index contributed by atoms with van der Waals surface area (Å²) in [6.07, 6.45) is 0.882. The number of rotatable bonds is 2. The smallest absolute Gasteiger partial charge is 0.264 e. The Morgan fingerprint density at radius 2 is 1.89 bits per heavy atom. The van der Waals surface area contributed by atoms with E-state index in [0.717, 1.165) is 5.56 Å². The van der Waals surface area contributed by atoms with Crippen molar-refractivity contribution in [3.63, 3.8) is 0 Å². The van der Waals surface area contributed by atoms with E-state index in [4.69, 9.17) is 0 Å². The van der Waals surface area contributed by atoms with Gasteiger partial charge in [-0.25, -0.2) is 8.78 Å². The van der Waals surface area contributed by atoms with Crippen LogP contribution in [-0.4, -0.2) is 9.78 Å². The van der Waals surface area contributed by atoms with Gasteiger partial charge in [-0.05, 0) is 16.5 Å². The molecular weight excluding hydrogens is 246 g/mol. The van der Waals surface area contributed by atoms with Crippen molar-refractivity contribution >= 4 is 0 Å². The molecule has 0 atom stereocenters. The van der Waals surface area contributed by atoms with E-state index in [1.807, 2.05) is 26.8 Å². The Balaban J connectivity index is 2.68. The maximum absolute atomic E-state index is 13.5. The van der Waals surface area contributed by atoms with E-state index in [2.05, 4.69) is 5.10 Å². The molecule has 1 aromatic carbocycles. The van der Waals surface area contributed by atoms with Crippen molar-refractivity contribution in [2.45, 2.75) is 32.6 Å². The topological polar surface area (TPSA) is 17.8 Å². The Bertz CT molecular complexity index is 580. The van der Waals surface area contributed by atoms with Gasteiger partial charge >= 0.3 is 0 Å². The van der Waals surface area contributed by atoms with Crippen molar-refractivity contribution in [2.75, 3.05) is 0 Å². The molecule has 0 aliphatic heterocycles. The average Bonchev–Trinajstić information content (AvgIpc) is 2.73. The third-order valence-electron chi connectivity index (χ3n) is 3.15. The molecule has 19 heavy (non-hydrogen) atoms. The molecule has 1 heterocycles. The lowest BCUT2D eigenvalue weighted by atomic mass is 9.81. The maximum atomic E-state index is 13.5. The van der Waals surface area contributed by atoms with E-state index in [1.165, 1.54) is 0 Å². The van der Waals surface area contributed by atoms with Crippen molar-refractivity contribution in [3.8, 4) is 11.1 Å². The minimum atomic E-state index is -2.49. The number of hydrogen-bond donors (Lipinski definition) is 0. The average molecular weight is 264 g/mol. The third-order valence-corrected chi connectivity index (χ3v) is 3.15. The molecule has 2 aromatic rings. The molecule has 4 heteroatoms. The minimum absolute atomic E-state index is 0.114. The molecule has 0 aliphatic carbocycles. The zero-order valence-electron chi connectivity index (χ0n) is 11.6. The molecule has 0 unspecified atom stereocenters. The summed E-state index contributed by atoms with van der Waals surface area (Å²) in [6, 6.07) is 5.34. The number of halogens is 2. The largest absolute Gasteiger partial charge is 0.275 e. The van der Waals surface area contributed by atoms with E-state index >= 15 is 0 Å². The molecule has 0 saturated carbocycles. The van der Waals surface area contributed by atoms with Gasteiger partial charge in [0.05, 0.1) is 6.20 Å². The first kappa shape index (κ1) is 13.7. The van der Waals surface area contributed by atoms with Crippen molar-refractivity contribution in [1.82, 2.24) is 9.78 Å². The van der Waals surface area contributed by atoms with Gasteiger partial charge in [0, 0.05) is 24.4 Å². The number of benzene rings is 1. The second-order valence-electron chi connectivity index (χ2n) is 5.72. The number of hydrogen-bond acceptors (Lipinski definition) is 1. The molecule has 0 fully saturated rings. The summed E-state index contributed by atoms with van der Waals surface area (Å²) in [5, 5.41) is 4.06. The van der Waals surface area contributed by atoms with Crippen LogP contribution in [0, 0.1) is 0 Å². The van der Waals surface area contributed by atoms with E-state index in [-0.39, 0.29) is 11.0 Å². The summed E-state index contributed by atoms with van der Waals surface area (Å²) in [4.78, 5) is 0. The summed E-state index contributed by atoms with van der Waals surface area (Å²) in [7, 11) is 1.78. The second-order valence-corrected chi connectivity index (χ2v) is 5.72. The van der Waals surface area contributed by atoms with Crippen molar-refractivity contribution < 1.29 is 8.78 Å². The number of aryl methyl sites for hydroxylation is 1. The molecule has 0 amide bonds. The quantitative estimate of drug-likeness (QED) is 0.789. The van der Waals surface area contributed by atoms with Crippen LogP contribution < -0.4 is 0 Å². The standard InChI is InChI=1S/C15H18F2N2/c1-15(2,3)12-7-5-6-11(13(12)14(16)17)10-8-18-19(4)9-10/h5-9,14H,1-4H3. The molecule has 1 aromatic heterocycles. The lowest BCUT2D eigenvalue weighted by Crippen LogP contribution is -2.15. The summed E-state index contributed by atoms with van der Waals surface area (Å²) >= 11 is 0. The minimum Gasteiger partial charge on any atom is -0.275 e. The Kier molecular flexibility index (Phi) is 3.43. The van der Waals surface area contributed by atoms with Gasteiger partial charge in [0.2, 0.25) is 0 Å². The second kappa shape index (κ2) is 4.76. The van der Waals surface area contributed by atoms with Crippen LogP contribution in [-0.2, 0) is 12.5 Å². The van der Waals surface area contributed by atoms with Crippen LogP contribution in [0.25, 0.3) is 11.1 Å². The zero-order chi connectivity index (χ0) is 14.2. The molecule has 0 bridgehead atoms. The highest BCUT2D eigenvalue weighted by molar-refractivity contribution is 5.68. The first-order valence-electron chi connectivity index (χ1n) is 6.21. The summed E-state index contributed by atoms with van der Waals surface area (Å²) in [6.45, 7) is 5.84. The van der Waals surface area contributed by atoms with Gasteiger partial charge < -0.3 is 0 Å². The molecule has 102 valence electrons. The Hall–Kier alpha value is -1.71. The Labute approximate surface area is 112 Å². The van der Waals surface area contributed by atoms with Crippen LogP contribution in [0.4, 0.5) is 8.78 Å². The highest BCUT2D eigenvalue weighted by atomic mass is 19.3. The molecule has 0 aliphatic rings. The van der Waals surface area contributed by atoms with Crippen LogP contribution >= 0.6 is 0 Å². The van der Waals surface area contributed by atoms with Crippen molar-refractivity contribution in [2.24, 2.45) is 7.05 Å². The van der Waals surface area contributed by atoms with Crippen molar-refractivity contribution in [3.05, 3.63) is 41.7 Å². The number of aromatic nitrogens is 2. The van der Waals surface area contributed by atoms with Crippen molar-refractivity contribution in [1.29, 1.82) is 0 Å². The van der Waals surface area contributed by atoms with Gasteiger partial charge in [-0.1, -0.05) is 39.0 Å². The summed E-state index contributed by atoms with van der Waals surface area (Å²) in [5.41, 5.74) is 1.77. The molecular formula is C15H18F2N2. The molecule has 0 N–H and O–H groups in total. The van der Waals surface area contributed by atoms with E-state index in [1.54, 1.807) is 36.3 Å². The van der Waals surface area contributed by atoms with Gasteiger partial charge in [0.1, 0.15) is 0 Å².